The van der Waals surface area contributed by atoms with Crippen LogP contribution in [0.2, 0.25) is 0 Å². The Hall–Kier alpha value is -3.54. The molecule has 0 atom stereocenters. The quantitative estimate of drug-likeness (QED) is 0.624. The minimum atomic E-state index is -0.989. The Morgan fingerprint density at radius 1 is 1.04 bits per heavy atom. The molecule has 4 nitrogen and oxygen atoms in total. The average Bonchev–Trinajstić information content (AvgIpc) is 2.66. The lowest BCUT2D eigenvalue weighted by Gasteiger charge is -2.09. The summed E-state index contributed by atoms with van der Waals surface area (Å²) in [7, 11) is 0. The number of hydrogen-bond donors (Lipinski definition) is 1. The topological polar surface area (TPSA) is 58.9 Å². The summed E-state index contributed by atoms with van der Waals surface area (Å²) in [4.78, 5) is 14.9. The first-order valence-corrected chi connectivity index (χ1v) is 8.06. The summed E-state index contributed by atoms with van der Waals surface area (Å²) in [5, 5.41) is 8.91. The first-order chi connectivity index (χ1) is 13.0. The molecule has 3 aromatic rings. The van der Waals surface area contributed by atoms with Gasteiger partial charge in [-0.25, -0.2) is 13.6 Å². The molecule has 0 amide bonds. The SMILES string of the molecule is O=C(O)c1ccc(COc2ccccc2C=Nc2ccc(F)cc2F)cc1. The van der Waals surface area contributed by atoms with Gasteiger partial charge in [0.05, 0.1) is 11.3 Å². The molecule has 0 heterocycles. The highest BCUT2D eigenvalue weighted by Gasteiger charge is 2.05. The number of carboxylic acid groups (broad SMARTS) is 1. The highest BCUT2D eigenvalue weighted by atomic mass is 19.1. The van der Waals surface area contributed by atoms with Crippen LogP contribution in [0.15, 0.2) is 71.7 Å². The largest absolute Gasteiger partial charge is 0.488 e. The zero-order chi connectivity index (χ0) is 19.2. The van der Waals surface area contributed by atoms with Gasteiger partial charge in [0, 0.05) is 17.8 Å². The van der Waals surface area contributed by atoms with Crippen molar-refractivity contribution in [3.8, 4) is 5.75 Å². The molecule has 3 rings (SSSR count). The second-order valence-corrected chi connectivity index (χ2v) is 5.68. The molecule has 0 unspecified atom stereocenters. The molecule has 0 fully saturated rings. The Morgan fingerprint density at radius 2 is 1.78 bits per heavy atom. The number of para-hydroxylation sites is 1. The normalized spacial score (nSPS) is 10.9. The number of rotatable bonds is 6. The zero-order valence-electron chi connectivity index (χ0n) is 14.1. The lowest BCUT2D eigenvalue weighted by atomic mass is 10.1. The summed E-state index contributed by atoms with van der Waals surface area (Å²) in [6, 6.07) is 16.6. The Balaban J connectivity index is 1.73. The summed E-state index contributed by atoms with van der Waals surface area (Å²) >= 11 is 0. The van der Waals surface area contributed by atoms with Crippen molar-refractivity contribution in [1.29, 1.82) is 0 Å². The third-order valence-electron chi connectivity index (χ3n) is 3.77. The van der Waals surface area contributed by atoms with Crippen molar-refractivity contribution in [2.45, 2.75) is 6.61 Å². The fourth-order valence-electron chi connectivity index (χ4n) is 2.35. The molecule has 0 aliphatic carbocycles. The number of benzene rings is 3. The van der Waals surface area contributed by atoms with Crippen molar-refractivity contribution in [2.24, 2.45) is 4.99 Å². The van der Waals surface area contributed by atoms with E-state index in [0.29, 0.717) is 11.3 Å². The molecule has 0 saturated heterocycles. The molecule has 136 valence electrons. The fraction of sp³-hybridized carbons (Fsp3) is 0.0476. The Bertz CT molecular complexity index is 985. The molecule has 0 aliphatic rings. The Morgan fingerprint density at radius 3 is 2.48 bits per heavy atom. The van der Waals surface area contributed by atoms with E-state index in [0.717, 1.165) is 17.7 Å². The molecule has 0 spiro atoms. The highest BCUT2D eigenvalue weighted by molar-refractivity contribution is 5.87. The number of nitrogens with zero attached hydrogens (tertiary/aromatic N) is 1. The van der Waals surface area contributed by atoms with Crippen LogP contribution < -0.4 is 4.74 Å². The molecular formula is C21H15F2NO3. The van der Waals surface area contributed by atoms with E-state index in [-0.39, 0.29) is 17.9 Å². The van der Waals surface area contributed by atoms with Crippen LogP contribution in [0.5, 0.6) is 5.75 Å². The zero-order valence-corrected chi connectivity index (χ0v) is 14.1. The standard InChI is InChI=1S/C21H15F2NO3/c22-17-9-10-19(18(23)11-17)24-12-16-3-1-2-4-20(16)27-13-14-5-7-15(8-6-14)21(25)26/h1-12H,13H2,(H,25,26). The van der Waals surface area contributed by atoms with Gasteiger partial charge >= 0.3 is 5.97 Å². The minimum absolute atomic E-state index is 0.0236. The van der Waals surface area contributed by atoms with Gasteiger partial charge in [0.1, 0.15) is 18.2 Å². The molecule has 0 aromatic heterocycles. The van der Waals surface area contributed by atoms with E-state index in [1.54, 1.807) is 36.4 Å². The molecule has 0 aliphatic heterocycles. The number of hydrogen-bond acceptors (Lipinski definition) is 3. The van der Waals surface area contributed by atoms with Crippen molar-refractivity contribution in [1.82, 2.24) is 0 Å². The van der Waals surface area contributed by atoms with Gasteiger partial charge < -0.3 is 9.84 Å². The summed E-state index contributed by atoms with van der Waals surface area (Å²) in [5.41, 5.74) is 1.66. The van der Waals surface area contributed by atoms with Gasteiger partial charge in [-0.3, -0.25) is 4.99 Å². The lowest BCUT2D eigenvalue weighted by Crippen LogP contribution is -2.00. The highest BCUT2D eigenvalue weighted by Crippen LogP contribution is 2.21. The van der Waals surface area contributed by atoms with Crippen LogP contribution in [0.4, 0.5) is 14.5 Å². The van der Waals surface area contributed by atoms with E-state index in [1.165, 1.54) is 24.4 Å². The minimum Gasteiger partial charge on any atom is -0.488 e. The maximum Gasteiger partial charge on any atom is 0.335 e. The van der Waals surface area contributed by atoms with Crippen molar-refractivity contribution >= 4 is 17.9 Å². The fourth-order valence-corrected chi connectivity index (χ4v) is 2.35. The maximum absolute atomic E-state index is 13.7. The number of carboxylic acids is 1. The number of aromatic carboxylic acids is 1. The second-order valence-electron chi connectivity index (χ2n) is 5.68. The maximum atomic E-state index is 13.7. The van der Waals surface area contributed by atoms with Gasteiger partial charge in [0.2, 0.25) is 0 Å². The van der Waals surface area contributed by atoms with Crippen molar-refractivity contribution < 1.29 is 23.4 Å². The van der Waals surface area contributed by atoms with Crippen LogP contribution in [0.1, 0.15) is 21.5 Å². The van der Waals surface area contributed by atoms with E-state index < -0.39 is 17.6 Å². The third kappa shape index (κ3) is 4.76. The summed E-state index contributed by atoms with van der Waals surface area (Å²) in [6.07, 6.45) is 1.44. The summed E-state index contributed by atoms with van der Waals surface area (Å²) in [6.45, 7) is 0.232. The second kappa shape index (κ2) is 8.23. The van der Waals surface area contributed by atoms with Crippen LogP contribution in [-0.4, -0.2) is 17.3 Å². The van der Waals surface area contributed by atoms with Gasteiger partial charge in [-0.2, -0.15) is 0 Å². The van der Waals surface area contributed by atoms with E-state index in [9.17, 15) is 13.6 Å². The van der Waals surface area contributed by atoms with Gasteiger partial charge in [-0.15, -0.1) is 0 Å². The van der Waals surface area contributed by atoms with Crippen LogP contribution in [0.25, 0.3) is 0 Å². The van der Waals surface area contributed by atoms with E-state index in [1.807, 2.05) is 0 Å². The Kier molecular flexibility index (Phi) is 5.56. The monoisotopic (exact) mass is 367 g/mol. The van der Waals surface area contributed by atoms with E-state index in [4.69, 9.17) is 9.84 Å². The summed E-state index contributed by atoms with van der Waals surface area (Å²) in [5.74, 6) is -1.87. The van der Waals surface area contributed by atoms with Crippen LogP contribution in [-0.2, 0) is 6.61 Å². The summed E-state index contributed by atoms with van der Waals surface area (Å²) < 4.78 is 32.4. The lowest BCUT2D eigenvalue weighted by molar-refractivity contribution is 0.0697. The van der Waals surface area contributed by atoms with Gasteiger partial charge in [-0.1, -0.05) is 24.3 Å². The van der Waals surface area contributed by atoms with Crippen molar-refractivity contribution in [3.63, 3.8) is 0 Å². The molecule has 1 N–H and O–H groups in total. The number of ether oxygens (including phenoxy) is 1. The van der Waals surface area contributed by atoms with E-state index >= 15 is 0 Å². The van der Waals surface area contributed by atoms with Gasteiger partial charge in [-0.05, 0) is 42.0 Å². The smallest absolute Gasteiger partial charge is 0.335 e. The van der Waals surface area contributed by atoms with Crippen LogP contribution in [0, 0.1) is 11.6 Å². The van der Waals surface area contributed by atoms with Gasteiger partial charge in [0.15, 0.2) is 5.82 Å². The number of aliphatic imine (C=N–C) groups is 1. The predicted octanol–water partition coefficient (Wildman–Crippen LogP) is 4.99. The predicted molar refractivity (Wildman–Crippen MR) is 97.8 cm³/mol. The van der Waals surface area contributed by atoms with Crippen LogP contribution >= 0.6 is 0 Å². The first-order valence-electron chi connectivity index (χ1n) is 8.06. The van der Waals surface area contributed by atoms with Crippen molar-refractivity contribution in [2.75, 3.05) is 0 Å². The number of halogens is 2. The molecular weight excluding hydrogens is 352 g/mol. The van der Waals surface area contributed by atoms with E-state index in [2.05, 4.69) is 4.99 Å². The Labute approximate surface area is 154 Å². The first kappa shape index (κ1) is 18.3. The number of carbonyl (C=O) groups is 1. The molecule has 27 heavy (non-hydrogen) atoms. The van der Waals surface area contributed by atoms with Gasteiger partial charge in [0.25, 0.3) is 0 Å². The molecule has 3 aromatic carbocycles. The molecule has 6 heteroatoms. The van der Waals surface area contributed by atoms with Crippen LogP contribution in [0.3, 0.4) is 0 Å². The average molecular weight is 367 g/mol. The molecule has 0 saturated carbocycles. The van der Waals surface area contributed by atoms with Crippen molar-refractivity contribution in [3.05, 3.63) is 95.1 Å². The molecule has 0 bridgehead atoms. The molecule has 0 radical (unpaired) electrons. The third-order valence-corrected chi connectivity index (χ3v) is 3.77.